The van der Waals surface area contributed by atoms with E-state index in [9.17, 15) is 0 Å². The third kappa shape index (κ3) is 3.28. The second-order valence-corrected chi connectivity index (χ2v) is 5.49. The highest BCUT2D eigenvalue weighted by Gasteiger charge is 2.10. The Morgan fingerprint density at radius 1 is 1.10 bits per heavy atom. The van der Waals surface area contributed by atoms with E-state index in [-0.39, 0.29) is 0 Å². The van der Waals surface area contributed by atoms with Crippen molar-refractivity contribution in [2.45, 2.75) is 12.8 Å². The van der Waals surface area contributed by atoms with E-state index < -0.39 is 0 Å². The summed E-state index contributed by atoms with van der Waals surface area (Å²) in [5, 5.41) is 3.96. The van der Waals surface area contributed by atoms with Gasteiger partial charge in [-0.25, -0.2) is 0 Å². The van der Waals surface area contributed by atoms with Crippen LogP contribution >= 0.6 is 15.9 Å². The molecule has 2 heterocycles. The van der Waals surface area contributed by atoms with Gasteiger partial charge in [-0.15, -0.1) is 0 Å². The minimum absolute atomic E-state index is 0.499. The van der Waals surface area contributed by atoms with Gasteiger partial charge in [0.05, 0.1) is 0 Å². The lowest BCUT2D eigenvalue weighted by atomic mass is 10.1. The normalized spacial score (nSPS) is 10.7. The van der Waals surface area contributed by atoms with Gasteiger partial charge in [0.15, 0.2) is 0 Å². The largest absolute Gasteiger partial charge is 0.399 e. The predicted molar refractivity (Wildman–Crippen MR) is 83.5 cm³/mol. The second-order valence-electron chi connectivity index (χ2n) is 4.57. The molecule has 21 heavy (non-hydrogen) atoms. The molecule has 0 fully saturated rings. The summed E-state index contributed by atoms with van der Waals surface area (Å²) in [5.41, 5.74) is 8.47. The Morgan fingerprint density at radius 2 is 1.95 bits per heavy atom. The van der Waals surface area contributed by atoms with E-state index in [0.29, 0.717) is 23.8 Å². The van der Waals surface area contributed by atoms with E-state index in [0.717, 1.165) is 22.1 Å². The molecule has 0 aliphatic carbocycles. The van der Waals surface area contributed by atoms with Crippen molar-refractivity contribution >= 4 is 21.6 Å². The number of benzene rings is 1. The van der Waals surface area contributed by atoms with Crippen LogP contribution in [0.2, 0.25) is 0 Å². The summed E-state index contributed by atoms with van der Waals surface area (Å²) in [6.45, 7) is 0. The number of aryl methyl sites for hydroxylation is 2. The van der Waals surface area contributed by atoms with Crippen LogP contribution in [0.3, 0.4) is 0 Å². The standard InChI is InChI=1S/C15H13BrN4O/c16-11-6-7-13(18-9-11)15-19-14(21-20-15)8-5-10-3-1-2-4-12(10)17/h1-4,6-7,9H,5,8,17H2. The fraction of sp³-hybridized carbons (Fsp3) is 0.133. The first-order valence-corrected chi connectivity index (χ1v) is 7.29. The monoisotopic (exact) mass is 344 g/mol. The van der Waals surface area contributed by atoms with Crippen LogP contribution in [-0.4, -0.2) is 15.1 Å². The van der Waals surface area contributed by atoms with Gasteiger partial charge < -0.3 is 10.3 Å². The lowest BCUT2D eigenvalue weighted by Gasteiger charge is -2.02. The van der Waals surface area contributed by atoms with E-state index in [1.165, 1.54) is 0 Å². The molecule has 3 rings (SSSR count). The molecule has 2 aromatic heterocycles. The number of hydrogen-bond donors (Lipinski definition) is 1. The highest BCUT2D eigenvalue weighted by molar-refractivity contribution is 9.10. The fourth-order valence-electron chi connectivity index (χ4n) is 1.97. The van der Waals surface area contributed by atoms with Crippen molar-refractivity contribution in [2.75, 3.05) is 5.73 Å². The topological polar surface area (TPSA) is 77.8 Å². The maximum absolute atomic E-state index is 5.91. The molecular formula is C15H13BrN4O. The van der Waals surface area contributed by atoms with Gasteiger partial charge in [0.1, 0.15) is 5.69 Å². The number of nitrogens with two attached hydrogens (primary N) is 1. The van der Waals surface area contributed by atoms with Crippen LogP contribution in [0.1, 0.15) is 11.5 Å². The number of halogens is 1. The summed E-state index contributed by atoms with van der Waals surface area (Å²) in [6.07, 6.45) is 3.12. The molecule has 0 aliphatic rings. The van der Waals surface area contributed by atoms with Gasteiger partial charge in [-0.2, -0.15) is 4.98 Å². The molecule has 0 spiro atoms. The number of rotatable bonds is 4. The molecule has 0 atom stereocenters. The van der Waals surface area contributed by atoms with Crippen molar-refractivity contribution in [3.8, 4) is 11.5 Å². The van der Waals surface area contributed by atoms with Crippen LogP contribution in [0, 0.1) is 0 Å². The minimum atomic E-state index is 0.499. The third-order valence-corrected chi connectivity index (χ3v) is 3.56. The van der Waals surface area contributed by atoms with Gasteiger partial charge in [0, 0.05) is 22.8 Å². The molecule has 2 N–H and O–H groups in total. The first-order valence-electron chi connectivity index (χ1n) is 6.50. The van der Waals surface area contributed by atoms with Gasteiger partial charge in [-0.05, 0) is 46.1 Å². The van der Waals surface area contributed by atoms with Crippen molar-refractivity contribution in [1.29, 1.82) is 0 Å². The summed E-state index contributed by atoms with van der Waals surface area (Å²) in [6, 6.07) is 11.5. The molecule has 0 saturated heterocycles. The number of nitrogens with zero attached hydrogens (tertiary/aromatic N) is 3. The Balaban J connectivity index is 1.71. The van der Waals surface area contributed by atoms with Crippen molar-refractivity contribution < 1.29 is 4.52 Å². The number of para-hydroxylation sites is 1. The summed E-state index contributed by atoms with van der Waals surface area (Å²) >= 11 is 3.34. The summed E-state index contributed by atoms with van der Waals surface area (Å²) in [5.74, 6) is 1.08. The van der Waals surface area contributed by atoms with Crippen LogP contribution < -0.4 is 5.73 Å². The number of pyridine rings is 1. The molecule has 0 aliphatic heterocycles. The Hall–Kier alpha value is -2.21. The summed E-state index contributed by atoms with van der Waals surface area (Å²) in [4.78, 5) is 8.60. The number of anilines is 1. The molecule has 0 unspecified atom stereocenters. The van der Waals surface area contributed by atoms with Crippen molar-refractivity contribution in [3.63, 3.8) is 0 Å². The van der Waals surface area contributed by atoms with Gasteiger partial charge in [-0.3, -0.25) is 4.98 Å². The van der Waals surface area contributed by atoms with E-state index >= 15 is 0 Å². The number of hydrogen-bond acceptors (Lipinski definition) is 5. The number of nitrogen functional groups attached to an aromatic ring is 1. The van der Waals surface area contributed by atoms with E-state index in [4.69, 9.17) is 10.3 Å². The summed E-state index contributed by atoms with van der Waals surface area (Å²) < 4.78 is 6.17. The predicted octanol–water partition coefficient (Wildman–Crippen LogP) is 3.26. The first kappa shape index (κ1) is 13.8. The van der Waals surface area contributed by atoms with Crippen molar-refractivity contribution in [3.05, 3.63) is 58.5 Å². The third-order valence-electron chi connectivity index (χ3n) is 3.09. The SMILES string of the molecule is Nc1ccccc1CCc1nc(-c2ccc(Br)cn2)no1. The maximum Gasteiger partial charge on any atom is 0.227 e. The second kappa shape index (κ2) is 6.05. The molecule has 0 radical (unpaired) electrons. The van der Waals surface area contributed by atoms with Crippen LogP contribution in [0.5, 0.6) is 0 Å². The quantitative estimate of drug-likeness (QED) is 0.735. The van der Waals surface area contributed by atoms with Crippen LogP contribution in [0.15, 0.2) is 51.6 Å². The molecular weight excluding hydrogens is 332 g/mol. The molecule has 5 nitrogen and oxygen atoms in total. The van der Waals surface area contributed by atoms with Crippen LogP contribution in [0.4, 0.5) is 5.69 Å². The van der Waals surface area contributed by atoms with Crippen LogP contribution in [0.25, 0.3) is 11.5 Å². The lowest BCUT2D eigenvalue weighted by molar-refractivity contribution is 0.379. The van der Waals surface area contributed by atoms with Gasteiger partial charge in [0.25, 0.3) is 0 Å². The van der Waals surface area contributed by atoms with Crippen LogP contribution in [-0.2, 0) is 12.8 Å². The zero-order chi connectivity index (χ0) is 14.7. The van der Waals surface area contributed by atoms with Gasteiger partial charge in [-0.1, -0.05) is 23.4 Å². The molecule has 0 saturated carbocycles. The van der Waals surface area contributed by atoms with Gasteiger partial charge in [0.2, 0.25) is 11.7 Å². The summed E-state index contributed by atoms with van der Waals surface area (Å²) in [7, 11) is 0. The minimum Gasteiger partial charge on any atom is -0.399 e. The highest BCUT2D eigenvalue weighted by atomic mass is 79.9. The smallest absolute Gasteiger partial charge is 0.227 e. The van der Waals surface area contributed by atoms with E-state index in [1.807, 2.05) is 36.4 Å². The zero-order valence-corrected chi connectivity index (χ0v) is 12.7. The average molecular weight is 345 g/mol. The Morgan fingerprint density at radius 3 is 2.71 bits per heavy atom. The van der Waals surface area contributed by atoms with Crippen molar-refractivity contribution in [1.82, 2.24) is 15.1 Å². The Bertz CT molecular complexity index is 739. The molecule has 106 valence electrons. The average Bonchev–Trinajstić information content (AvgIpc) is 2.96. The Labute approximate surface area is 130 Å². The van der Waals surface area contributed by atoms with E-state index in [1.54, 1.807) is 6.20 Å². The Kier molecular flexibility index (Phi) is 3.96. The fourth-order valence-corrected chi connectivity index (χ4v) is 2.21. The first-order chi connectivity index (χ1) is 10.2. The molecule has 0 bridgehead atoms. The zero-order valence-electron chi connectivity index (χ0n) is 11.2. The molecule has 3 aromatic rings. The maximum atomic E-state index is 5.91. The molecule has 1 aromatic carbocycles. The molecule has 6 heteroatoms. The number of aromatic nitrogens is 3. The highest BCUT2D eigenvalue weighted by Crippen LogP contribution is 2.17. The van der Waals surface area contributed by atoms with E-state index in [2.05, 4.69) is 31.1 Å². The van der Waals surface area contributed by atoms with Gasteiger partial charge >= 0.3 is 0 Å². The lowest BCUT2D eigenvalue weighted by Crippen LogP contribution is -1.97. The molecule has 0 amide bonds. The van der Waals surface area contributed by atoms with Crippen molar-refractivity contribution in [2.24, 2.45) is 0 Å².